The lowest BCUT2D eigenvalue weighted by Crippen LogP contribution is -2.30. The molecule has 0 radical (unpaired) electrons. The summed E-state index contributed by atoms with van der Waals surface area (Å²) in [6, 6.07) is 0. The van der Waals surface area contributed by atoms with Crippen molar-refractivity contribution in [1.82, 2.24) is 0 Å². The van der Waals surface area contributed by atoms with Gasteiger partial charge >= 0.3 is 0 Å². The van der Waals surface area contributed by atoms with Crippen molar-refractivity contribution in [2.24, 2.45) is 23.7 Å². The highest BCUT2D eigenvalue weighted by molar-refractivity contribution is 5.31. The van der Waals surface area contributed by atoms with Crippen LogP contribution in [0.15, 0.2) is 23.3 Å². The van der Waals surface area contributed by atoms with E-state index in [4.69, 9.17) is 0 Å². The molecule has 0 bridgehead atoms. The Morgan fingerprint density at radius 1 is 1.27 bits per heavy atom. The van der Waals surface area contributed by atoms with Gasteiger partial charge in [-0.1, -0.05) is 44.1 Å². The summed E-state index contributed by atoms with van der Waals surface area (Å²) in [5.41, 5.74) is 3.25. The molecule has 84 valence electrons. The van der Waals surface area contributed by atoms with Gasteiger partial charge < -0.3 is 0 Å². The minimum absolute atomic E-state index is 0.817. The van der Waals surface area contributed by atoms with Crippen molar-refractivity contribution < 1.29 is 0 Å². The lowest BCUT2D eigenvalue weighted by Gasteiger charge is -2.40. The Hall–Kier alpha value is -0.520. The van der Waals surface area contributed by atoms with Crippen LogP contribution >= 0.6 is 0 Å². The topological polar surface area (TPSA) is 0 Å². The Balaban J connectivity index is 2.28. The molecule has 1 fully saturated rings. The van der Waals surface area contributed by atoms with E-state index >= 15 is 0 Å². The summed E-state index contributed by atoms with van der Waals surface area (Å²) < 4.78 is 0. The van der Waals surface area contributed by atoms with E-state index in [0.29, 0.717) is 0 Å². The van der Waals surface area contributed by atoms with Crippen LogP contribution in [0.2, 0.25) is 0 Å². The molecule has 2 rings (SSSR count). The van der Waals surface area contributed by atoms with E-state index in [9.17, 15) is 0 Å². The van der Waals surface area contributed by atoms with Gasteiger partial charge in [0.1, 0.15) is 0 Å². The van der Waals surface area contributed by atoms with Crippen molar-refractivity contribution in [2.45, 2.75) is 47.0 Å². The van der Waals surface area contributed by atoms with Crippen LogP contribution in [0.1, 0.15) is 47.0 Å². The molecular formula is C15H24. The van der Waals surface area contributed by atoms with E-state index in [1.807, 2.05) is 0 Å². The van der Waals surface area contributed by atoms with Crippen molar-refractivity contribution in [1.29, 1.82) is 0 Å². The largest absolute Gasteiger partial charge is 0.0810 e. The van der Waals surface area contributed by atoms with Gasteiger partial charge in [0, 0.05) is 0 Å². The van der Waals surface area contributed by atoms with Gasteiger partial charge in [-0.3, -0.25) is 0 Å². The van der Waals surface area contributed by atoms with E-state index in [2.05, 4.69) is 39.8 Å². The molecule has 0 saturated heterocycles. The fourth-order valence-corrected chi connectivity index (χ4v) is 3.35. The van der Waals surface area contributed by atoms with E-state index in [1.54, 1.807) is 5.57 Å². The first kappa shape index (κ1) is 11.0. The third-order valence-corrected chi connectivity index (χ3v) is 4.37. The summed E-state index contributed by atoms with van der Waals surface area (Å²) in [6.45, 7) is 9.45. The summed E-state index contributed by atoms with van der Waals surface area (Å²) in [5.74, 6) is 3.43. The fourth-order valence-electron chi connectivity index (χ4n) is 3.35. The van der Waals surface area contributed by atoms with Gasteiger partial charge in [-0.25, -0.2) is 0 Å². The Morgan fingerprint density at radius 2 is 2.00 bits per heavy atom. The molecule has 3 atom stereocenters. The molecular weight excluding hydrogens is 180 g/mol. The monoisotopic (exact) mass is 204 g/mol. The predicted molar refractivity (Wildman–Crippen MR) is 66.7 cm³/mol. The van der Waals surface area contributed by atoms with Crippen molar-refractivity contribution >= 4 is 0 Å². The normalized spacial score (nSPS) is 35.9. The standard InChI is InChI=1S/C15H24/c1-10(2)13-8-6-12(4)14-7-5-11(3)9-15(13)14/h5,9-10,12-14H,6-8H2,1-4H3/t12-,13+,14?/m1/s1. The molecule has 0 aromatic carbocycles. The zero-order valence-corrected chi connectivity index (χ0v) is 10.6. The van der Waals surface area contributed by atoms with Crippen LogP contribution < -0.4 is 0 Å². The second-order valence-corrected chi connectivity index (χ2v) is 5.84. The minimum Gasteiger partial charge on any atom is -0.0810 e. The summed E-state index contributed by atoms with van der Waals surface area (Å²) >= 11 is 0. The highest BCUT2D eigenvalue weighted by atomic mass is 14.4. The van der Waals surface area contributed by atoms with Crippen LogP contribution in [0.5, 0.6) is 0 Å². The molecule has 0 N–H and O–H groups in total. The molecule has 0 spiro atoms. The number of rotatable bonds is 1. The molecule has 1 unspecified atom stereocenters. The highest BCUT2D eigenvalue weighted by Crippen LogP contribution is 2.45. The average molecular weight is 204 g/mol. The molecule has 0 heterocycles. The van der Waals surface area contributed by atoms with Crippen LogP contribution in [0.3, 0.4) is 0 Å². The molecule has 0 heteroatoms. The molecule has 2 aliphatic rings. The maximum atomic E-state index is 2.48. The van der Waals surface area contributed by atoms with Crippen molar-refractivity contribution in [3.8, 4) is 0 Å². The Kier molecular flexibility index (Phi) is 3.04. The van der Waals surface area contributed by atoms with Gasteiger partial charge in [0.25, 0.3) is 0 Å². The predicted octanol–water partition coefficient (Wildman–Crippen LogP) is 4.58. The maximum Gasteiger partial charge on any atom is -0.0137 e. The minimum atomic E-state index is 0.817. The molecule has 0 aliphatic heterocycles. The Bertz CT molecular complexity index is 293. The number of hydrogen-bond acceptors (Lipinski definition) is 0. The molecule has 1 saturated carbocycles. The van der Waals surface area contributed by atoms with Crippen molar-refractivity contribution in [3.05, 3.63) is 23.3 Å². The van der Waals surface area contributed by atoms with Crippen molar-refractivity contribution in [3.63, 3.8) is 0 Å². The average Bonchev–Trinajstić information content (AvgIpc) is 2.17. The van der Waals surface area contributed by atoms with Gasteiger partial charge in [0.05, 0.1) is 0 Å². The zero-order valence-electron chi connectivity index (χ0n) is 10.6. The van der Waals surface area contributed by atoms with Crippen LogP contribution in [0, 0.1) is 23.7 Å². The van der Waals surface area contributed by atoms with E-state index in [1.165, 1.54) is 24.8 Å². The van der Waals surface area contributed by atoms with E-state index in [-0.39, 0.29) is 0 Å². The van der Waals surface area contributed by atoms with Crippen LogP contribution in [-0.2, 0) is 0 Å². The first-order chi connectivity index (χ1) is 7.09. The maximum absolute atomic E-state index is 2.48. The molecule has 0 amide bonds. The summed E-state index contributed by atoms with van der Waals surface area (Å²) in [5, 5.41) is 0. The molecule has 15 heavy (non-hydrogen) atoms. The third kappa shape index (κ3) is 2.04. The van der Waals surface area contributed by atoms with E-state index in [0.717, 1.165) is 23.7 Å². The number of hydrogen-bond donors (Lipinski definition) is 0. The molecule has 0 aromatic rings. The number of allylic oxidation sites excluding steroid dienone is 4. The van der Waals surface area contributed by atoms with Gasteiger partial charge in [-0.15, -0.1) is 0 Å². The zero-order chi connectivity index (χ0) is 11.0. The smallest absolute Gasteiger partial charge is 0.0137 e. The lowest BCUT2D eigenvalue weighted by atomic mass is 9.65. The van der Waals surface area contributed by atoms with Gasteiger partial charge in [-0.2, -0.15) is 0 Å². The van der Waals surface area contributed by atoms with E-state index < -0.39 is 0 Å². The fraction of sp³-hybridized carbons (Fsp3) is 0.733. The highest BCUT2D eigenvalue weighted by Gasteiger charge is 2.34. The first-order valence-electron chi connectivity index (χ1n) is 6.48. The Morgan fingerprint density at radius 3 is 2.67 bits per heavy atom. The van der Waals surface area contributed by atoms with Crippen LogP contribution in [0.4, 0.5) is 0 Å². The summed E-state index contributed by atoms with van der Waals surface area (Å²) in [4.78, 5) is 0. The summed E-state index contributed by atoms with van der Waals surface area (Å²) in [7, 11) is 0. The Labute approximate surface area is 94.5 Å². The van der Waals surface area contributed by atoms with Crippen LogP contribution in [0.25, 0.3) is 0 Å². The van der Waals surface area contributed by atoms with Crippen molar-refractivity contribution in [2.75, 3.05) is 0 Å². The second-order valence-electron chi connectivity index (χ2n) is 5.84. The lowest BCUT2D eigenvalue weighted by molar-refractivity contribution is 0.236. The SMILES string of the molecule is CC1=CCC2C(=C1)[C@H](C(C)C)CC[C@H]2C. The van der Waals surface area contributed by atoms with Gasteiger partial charge in [0.2, 0.25) is 0 Å². The third-order valence-electron chi connectivity index (χ3n) is 4.37. The molecule has 2 aliphatic carbocycles. The first-order valence-corrected chi connectivity index (χ1v) is 6.48. The quantitative estimate of drug-likeness (QED) is 0.586. The van der Waals surface area contributed by atoms with Crippen LogP contribution in [-0.4, -0.2) is 0 Å². The van der Waals surface area contributed by atoms with Gasteiger partial charge in [0.15, 0.2) is 0 Å². The number of fused-ring (bicyclic) bond motifs is 1. The summed E-state index contributed by atoms with van der Waals surface area (Å²) in [6.07, 6.45) is 9.04. The second kappa shape index (κ2) is 4.15. The van der Waals surface area contributed by atoms with Gasteiger partial charge in [-0.05, 0) is 49.9 Å². The molecule has 0 nitrogen and oxygen atoms in total. The molecule has 0 aromatic heterocycles.